The van der Waals surface area contributed by atoms with Gasteiger partial charge in [-0.25, -0.2) is 9.97 Å². The minimum Gasteiger partial charge on any atom is -0.228 e. The van der Waals surface area contributed by atoms with Crippen molar-refractivity contribution in [2.24, 2.45) is 0 Å². The van der Waals surface area contributed by atoms with E-state index in [1.54, 1.807) is 0 Å². The minimum atomic E-state index is -0.429. The predicted octanol–water partition coefficient (Wildman–Crippen LogP) is 15.0. The van der Waals surface area contributed by atoms with E-state index in [2.05, 4.69) is 212 Å². The number of benzene rings is 9. The molecular formula is C57H36N2S. The van der Waals surface area contributed by atoms with Crippen LogP contribution in [0.2, 0.25) is 0 Å². The van der Waals surface area contributed by atoms with E-state index >= 15 is 0 Å². The van der Waals surface area contributed by atoms with E-state index < -0.39 is 5.41 Å². The molecule has 0 bridgehead atoms. The molecule has 60 heavy (non-hydrogen) atoms. The van der Waals surface area contributed by atoms with Crippen LogP contribution in [0.1, 0.15) is 22.3 Å². The Morgan fingerprint density at radius 3 is 1.65 bits per heavy atom. The second kappa shape index (κ2) is 13.8. The number of thiophene rings is 1. The van der Waals surface area contributed by atoms with Crippen LogP contribution in [0.3, 0.4) is 0 Å². The molecule has 2 aromatic heterocycles. The van der Waals surface area contributed by atoms with Gasteiger partial charge in [-0.15, -0.1) is 11.3 Å². The Hall–Kier alpha value is -7.46. The maximum absolute atomic E-state index is 5.29. The number of rotatable bonds is 6. The van der Waals surface area contributed by atoms with Gasteiger partial charge in [0.2, 0.25) is 0 Å². The summed E-state index contributed by atoms with van der Waals surface area (Å²) < 4.78 is 2.57. The topological polar surface area (TPSA) is 25.8 Å². The number of fused-ring (bicyclic) bond motifs is 7. The first-order valence-electron chi connectivity index (χ1n) is 20.5. The van der Waals surface area contributed by atoms with E-state index in [9.17, 15) is 0 Å². The molecule has 0 aliphatic heterocycles. The fourth-order valence-corrected chi connectivity index (χ4v) is 10.8. The molecule has 0 spiro atoms. The van der Waals surface area contributed by atoms with Crippen LogP contribution in [0.15, 0.2) is 218 Å². The highest BCUT2D eigenvalue weighted by molar-refractivity contribution is 7.25. The van der Waals surface area contributed by atoms with Crippen LogP contribution in [0, 0.1) is 0 Å². The maximum atomic E-state index is 5.29. The third kappa shape index (κ3) is 5.33. The molecule has 1 aliphatic carbocycles. The van der Waals surface area contributed by atoms with Gasteiger partial charge in [-0.05, 0) is 85.6 Å². The fourth-order valence-electron chi connectivity index (χ4n) is 9.73. The largest absolute Gasteiger partial charge is 0.228 e. The molecule has 3 heteroatoms. The normalized spacial score (nSPS) is 12.8. The molecule has 0 saturated heterocycles. The zero-order chi connectivity index (χ0) is 39.6. The highest BCUT2D eigenvalue weighted by Gasteiger charge is 2.46. The molecule has 0 unspecified atom stereocenters. The zero-order valence-corrected chi connectivity index (χ0v) is 33.4. The summed E-state index contributed by atoms with van der Waals surface area (Å²) in [5, 5.41) is 4.87. The van der Waals surface area contributed by atoms with Crippen LogP contribution in [0.5, 0.6) is 0 Å². The molecule has 2 heterocycles. The van der Waals surface area contributed by atoms with Crippen molar-refractivity contribution in [3.05, 3.63) is 241 Å². The van der Waals surface area contributed by atoms with Gasteiger partial charge in [0.25, 0.3) is 0 Å². The second-order valence-electron chi connectivity index (χ2n) is 15.6. The molecule has 9 aromatic carbocycles. The number of aromatic nitrogens is 2. The summed E-state index contributed by atoms with van der Waals surface area (Å²) in [4.78, 5) is 10.5. The summed E-state index contributed by atoms with van der Waals surface area (Å²) >= 11 is 1.83. The second-order valence-corrected chi connectivity index (χ2v) is 16.7. The van der Waals surface area contributed by atoms with Crippen LogP contribution in [-0.2, 0) is 5.41 Å². The molecular weight excluding hydrogens is 745 g/mol. The Balaban J connectivity index is 1.03. The van der Waals surface area contributed by atoms with Gasteiger partial charge in [-0.1, -0.05) is 188 Å². The fraction of sp³-hybridized carbons (Fsp3) is 0.0175. The molecule has 0 radical (unpaired) electrons. The lowest BCUT2D eigenvalue weighted by Gasteiger charge is -2.33. The van der Waals surface area contributed by atoms with Crippen LogP contribution >= 0.6 is 11.3 Å². The standard InChI is InChI=1S/C57H36N2S/c1-4-16-37(17-5-1)56-58-52(39-29-33-55-49(35-39)47-25-13-15-27-54(47)60-55)36-53(59-56)46-31-30-42(43-22-10-11-23-44(43)46)38-28-32-51-48(34-38)45-24-12-14-26-50(45)57(51,40-18-6-2-7-19-40)41-20-8-3-9-21-41/h1-36H. The first-order chi connectivity index (χ1) is 29.7. The van der Waals surface area contributed by atoms with Crippen molar-refractivity contribution in [2.45, 2.75) is 5.41 Å². The van der Waals surface area contributed by atoms with Gasteiger partial charge >= 0.3 is 0 Å². The quantitative estimate of drug-likeness (QED) is 0.168. The van der Waals surface area contributed by atoms with Crippen molar-refractivity contribution in [3.8, 4) is 56.2 Å². The zero-order valence-electron chi connectivity index (χ0n) is 32.6. The molecule has 0 fully saturated rings. The molecule has 2 nitrogen and oxygen atoms in total. The highest BCUT2D eigenvalue weighted by Crippen LogP contribution is 2.57. The molecule has 280 valence electrons. The summed E-state index contributed by atoms with van der Waals surface area (Å²) in [6.45, 7) is 0. The van der Waals surface area contributed by atoms with Gasteiger partial charge in [0.05, 0.1) is 16.8 Å². The lowest BCUT2D eigenvalue weighted by Crippen LogP contribution is -2.28. The average Bonchev–Trinajstić information content (AvgIpc) is 3.85. The molecule has 0 amide bonds. The Kier molecular flexibility index (Phi) is 7.97. The minimum absolute atomic E-state index is 0.429. The van der Waals surface area contributed by atoms with Crippen molar-refractivity contribution >= 4 is 42.3 Å². The van der Waals surface area contributed by atoms with E-state index in [4.69, 9.17) is 9.97 Å². The Morgan fingerprint density at radius 2 is 0.883 bits per heavy atom. The highest BCUT2D eigenvalue weighted by atomic mass is 32.1. The van der Waals surface area contributed by atoms with Crippen LogP contribution in [-0.4, -0.2) is 9.97 Å². The number of hydrogen-bond donors (Lipinski definition) is 0. The number of nitrogens with zero attached hydrogens (tertiary/aromatic N) is 2. The van der Waals surface area contributed by atoms with E-state index in [-0.39, 0.29) is 0 Å². The van der Waals surface area contributed by atoms with Crippen LogP contribution in [0.25, 0.3) is 87.1 Å². The van der Waals surface area contributed by atoms with E-state index in [1.807, 2.05) is 17.4 Å². The predicted molar refractivity (Wildman–Crippen MR) is 251 cm³/mol. The summed E-state index contributed by atoms with van der Waals surface area (Å²) in [6.07, 6.45) is 0. The maximum Gasteiger partial charge on any atom is 0.160 e. The molecule has 1 aliphatic rings. The molecule has 11 aromatic rings. The Morgan fingerprint density at radius 1 is 0.317 bits per heavy atom. The number of hydrogen-bond acceptors (Lipinski definition) is 3. The van der Waals surface area contributed by atoms with Crippen LogP contribution < -0.4 is 0 Å². The van der Waals surface area contributed by atoms with Gasteiger partial charge in [-0.2, -0.15) is 0 Å². The molecule has 12 rings (SSSR count). The van der Waals surface area contributed by atoms with Crippen molar-refractivity contribution in [1.29, 1.82) is 0 Å². The van der Waals surface area contributed by atoms with E-state index in [0.29, 0.717) is 5.82 Å². The van der Waals surface area contributed by atoms with E-state index in [0.717, 1.165) is 33.5 Å². The average molecular weight is 781 g/mol. The Labute approximate surface area is 352 Å². The van der Waals surface area contributed by atoms with Crippen LogP contribution in [0.4, 0.5) is 0 Å². The summed E-state index contributed by atoms with van der Waals surface area (Å²) in [6, 6.07) is 79.3. The summed E-state index contributed by atoms with van der Waals surface area (Å²) in [5.41, 5.74) is 14.6. The Bertz CT molecular complexity index is 3380. The van der Waals surface area contributed by atoms with Gasteiger partial charge in [-0.3, -0.25) is 0 Å². The first kappa shape index (κ1) is 34.6. The third-order valence-corrected chi connectivity index (χ3v) is 13.6. The third-order valence-electron chi connectivity index (χ3n) is 12.4. The lowest BCUT2D eigenvalue weighted by molar-refractivity contribution is 0.768. The molecule has 0 atom stereocenters. The summed E-state index contributed by atoms with van der Waals surface area (Å²) in [7, 11) is 0. The van der Waals surface area contributed by atoms with E-state index in [1.165, 1.54) is 70.1 Å². The van der Waals surface area contributed by atoms with Crippen molar-refractivity contribution in [1.82, 2.24) is 9.97 Å². The van der Waals surface area contributed by atoms with Crippen molar-refractivity contribution in [2.75, 3.05) is 0 Å². The van der Waals surface area contributed by atoms with Gasteiger partial charge in [0, 0.05) is 36.9 Å². The van der Waals surface area contributed by atoms with Gasteiger partial charge in [0.1, 0.15) is 0 Å². The molecule has 0 N–H and O–H groups in total. The lowest BCUT2D eigenvalue weighted by atomic mass is 9.67. The van der Waals surface area contributed by atoms with Crippen molar-refractivity contribution < 1.29 is 0 Å². The van der Waals surface area contributed by atoms with Crippen molar-refractivity contribution in [3.63, 3.8) is 0 Å². The first-order valence-corrected chi connectivity index (χ1v) is 21.3. The summed E-state index contributed by atoms with van der Waals surface area (Å²) in [5.74, 6) is 0.712. The SMILES string of the molecule is c1ccc(-c2nc(-c3ccc4sc5ccccc5c4c3)cc(-c3ccc(-c4ccc5c(c4)-c4ccccc4C5(c4ccccc4)c4ccccc4)c4ccccc34)n2)cc1. The van der Waals surface area contributed by atoms with Gasteiger partial charge in [0.15, 0.2) is 5.82 Å². The smallest absolute Gasteiger partial charge is 0.160 e. The molecule has 0 saturated carbocycles. The monoisotopic (exact) mass is 780 g/mol. The van der Waals surface area contributed by atoms with Gasteiger partial charge < -0.3 is 0 Å².